The van der Waals surface area contributed by atoms with Crippen LogP contribution in [0.3, 0.4) is 0 Å². The molecule has 5 heteroatoms. The monoisotopic (exact) mass is 261 g/mol. The minimum atomic E-state index is -0.165. The summed E-state index contributed by atoms with van der Waals surface area (Å²) in [6.07, 6.45) is 0.756. The van der Waals surface area contributed by atoms with Crippen LogP contribution in [0.25, 0.3) is 11.5 Å². The number of nitrogens with one attached hydrogen (secondary N) is 1. The molecule has 0 bridgehead atoms. The van der Waals surface area contributed by atoms with Crippen molar-refractivity contribution in [3.63, 3.8) is 0 Å². The van der Waals surface area contributed by atoms with E-state index >= 15 is 0 Å². The quantitative estimate of drug-likeness (QED) is 0.863. The maximum Gasteiger partial charge on any atom is 0.258 e. The van der Waals surface area contributed by atoms with E-state index in [1.54, 1.807) is 7.11 Å². The van der Waals surface area contributed by atoms with Crippen LogP contribution >= 0.6 is 0 Å². The first kappa shape index (κ1) is 13.7. The van der Waals surface area contributed by atoms with Crippen molar-refractivity contribution in [1.82, 2.24) is 15.5 Å². The van der Waals surface area contributed by atoms with Crippen molar-refractivity contribution in [1.29, 1.82) is 0 Å². The van der Waals surface area contributed by atoms with Gasteiger partial charge in [-0.15, -0.1) is 0 Å². The van der Waals surface area contributed by atoms with Gasteiger partial charge in [0.1, 0.15) is 6.10 Å². The summed E-state index contributed by atoms with van der Waals surface area (Å²) in [5, 5.41) is 7.10. The molecule has 0 aliphatic carbocycles. The van der Waals surface area contributed by atoms with Crippen LogP contribution in [0.15, 0.2) is 28.8 Å². The van der Waals surface area contributed by atoms with E-state index in [-0.39, 0.29) is 6.10 Å². The first-order valence-corrected chi connectivity index (χ1v) is 6.35. The third kappa shape index (κ3) is 3.19. The molecule has 0 saturated heterocycles. The predicted molar refractivity (Wildman–Crippen MR) is 72.8 cm³/mol. The average molecular weight is 261 g/mol. The van der Waals surface area contributed by atoms with Crippen molar-refractivity contribution >= 4 is 0 Å². The molecule has 2 aromatic rings. The molecule has 0 fully saturated rings. The molecule has 102 valence electrons. The number of likely N-dealkylation sites (N-methyl/N-ethyl adjacent to an activating group) is 1. The lowest BCUT2D eigenvalue weighted by atomic mass is 10.0. The fourth-order valence-corrected chi connectivity index (χ4v) is 1.82. The average Bonchev–Trinajstić information content (AvgIpc) is 2.94. The highest BCUT2D eigenvalue weighted by atomic mass is 16.5. The van der Waals surface area contributed by atoms with Crippen molar-refractivity contribution in [2.45, 2.75) is 19.4 Å². The lowest BCUT2D eigenvalue weighted by Crippen LogP contribution is -2.10. The Morgan fingerprint density at radius 2 is 2.16 bits per heavy atom. The molecular weight excluding hydrogens is 242 g/mol. The van der Waals surface area contributed by atoms with Crippen molar-refractivity contribution in [2.75, 3.05) is 20.7 Å². The third-order valence-corrected chi connectivity index (χ3v) is 3.05. The van der Waals surface area contributed by atoms with Gasteiger partial charge in [0, 0.05) is 12.7 Å². The van der Waals surface area contributed by atoms with Gasteiger partial charge in [0.05, 0.1) is 0 Å². The molecule has 19 heavy (non-hydrogen) atoms. The molecule has 5 nitrogen and oxygen atoms in total. The second kappa shape index (κ2) is 6.45. The standard InChI is InChI=1S/C14H19N3O2/c1-10(18-3)13-16-14(19-17-13)12-7-5-4-6-11(12)8-9-15-2/h4-7,10,15H,8-9H2,1-3H3. The van der Waals surface area contributed by atoms with Crippen molar-refractivity contribution in [2.24, 2.45) is 0 Å². The van der Waals surface area contributed by atoms with Crippen LogP contribution in [0.1, 0.15) is 24.4 Å². The fraction of sp³-hybridized carbons (Fsp3) is 0.429. The topological polar surface area (TPSA) is 60.2 Å². The van der Waals surface area contributed by atoms with E-state index in [4.69, 9.17) is 9.26 Å². The first-order valence-electron chi connectivity index (χ1n) is 6.35. The molecule has 1 aromatic heterocycles. The van der Waals surface area contributed by atoms with Gasteiger partial charge in [-0.05, 0) is 38.6 Å². The van der Waals surface area contributed by atoms with Gasteiger partial charge in [-0.1, -0.05) is 23.4 Å². The number of nitrogens with zero attached hydrogens (tertiary/aromatic N) is 2. The summed E-state index contributed by atoms with van der Waals surface area (Å²) >= 11 is 0. The lowest BCUT2D eigenvalue weighted by molar-refractivity contribution is 0.109. The van der Waals surface area contributed by atoms with Crippen molar-refractivity contribution < 1.29 is 9.26 Å². The zero-order chi connectivity index (χ0) is 13.7. The molecule has 1 unspecified atom stereocenters. The number of hydrogen-bond donors (Lipinski definition) is 1. The van der Waals surface area contributed by atoms with Crippen molar-refractivity contribution in [3.05, 3.63) is 35.7 Å². The van der Waals surface area contributed by atoms with E-state index in [0.29, 0.717) is 11.7 Å². The zero-order valence-corrected chi connectivity index (χ0v) is 11.5. The highest BCUT2D eigenvalue weighted by molar-refractivity contribution is 5.58. The van der Waals surface area contributed by atoms with E-state index < -0.39 is 0 Å². The minimum Gasteiger partial charge on any atom is -0.374 e. The van der Waals surface area contributed by atoms with E-state index in [1.807, 2.05) is 32.2 Å². The maximum absolute atomic E-state index is 5.33. The molecule has 1 aromatic carbocycles. The highest BCUT2D eigenvalue weighted by Gasteiger charge is 2.16. The summed E-state index contributed by atoms with van der Waals surface area (Å²) in [6, 6.07) is 8.07. The van der Waals surface area contributed by atoms with Crippen LogP contribution in [-0.2, 0) is 11.2 Å². The Morgan fingerprint density at radius 3 is 2.89 bits per heavy atom. The summed E-state index contributed by atoms with van der Waals surface area (Å²) < 4.78 is 10.5. The molecule has 1 heterocycles. The summed E-state index contributed by atoms with van der Waals surface area (Å²) in [5.41, 5.74) is 2.18. The molecule has 0 aliphatic rings. The van der Waals surface area contributed by atoms with E-state index in [2.05, 4.69) is 21.5 Å². The molecule has 0 aliphatic heterocycles. The number of aromatic nitrogens is 2. The maximum atomic E-state index is 5.33. The lowest BCUT2D eigenvalue weighted by Gasteiger charge is -2.05. The predicted octanol–water partition coefficient (Wildman–Crippen LogP) is 2.21. The van der Waals surface area contributed by atoms with Gasteiger partial charge >= 0.3 is 0 Å². The molecule has 0 amide bonds. The smallest absolute Gasteiger partial charge is 0.258 e. The number of hydrogen-bond acceptors (Lipinski definition) is 5. The summed E-state index contributed by atoms with van der Waals surface area (Å²) in [6.45, 7) is 2.80. The Balaban J connectivity index is 2.28. The SMILES string of the molecule is CNCCc1ccccc1-c1nc(C(C)OC)no1. The van der Waals surface area contributed by atoms with Gasteiger partial charge < -0.3 is 14.6 Å². The molecule has 2 rings (SSSR count). The van der Waals surface area contributed by atoms with Gasteiger partial charge in [0.25, 0.3) is 5.89 Å². The summed E-state index contributed by atoms with van der Waals surface area (Å²) in [5.74, 6) is 1.12. The highest BCUT2D eigenvalue weighted by Crippen LogP contribution is 2.24. The van der Waals surface area contributed by atoms with Crippen LogP contribution in [0.4, 0.5) is 0 Å². The third-order valence-electron chi connectivity index (χ3n) is 3.05. The Hall–Kier alpha value is -1.72. The molecule has 0 saturated carbocycles. The van der Waals surface area contributed by atoms with Gasteiger partial charge in [0.15, 0.2) is 0 Å². The van der Waals surface area contributed by atoms with E-state index in [1.165, 1.54) is 5.56 Å². The van der Waals surface area contributed by atoms with Crippen LogP contribution < -0.4 is 5.32 Å². The van der Waals surface area contributed by atoms with Gasteiger partial charge in [-0.3, -0.25) is 0 Å². The fourth-order valence-electron chi connectivity index (χ4n) is 1.82. The Bertz CT molecular complexity index is 525. The molecule has 1 atom stereocenters. The summed E-state index contributed by atoms with van der Waals surface area (Å²) in [4.78, 5) is 4.40. The number of methoxy groups -OCH3 is 1. The van der Waals surface area contributed by atoms with Crippen LogP contribution in [0.5, 0.6) is 0 Å². The number of rotatable bonds is 6. The molecule has 0 spiro atoms. The Morgan fingerprint density at radius 1 is 1.37 bits per heavy atom. The largest absolute Gasteiger partial charge is 0.374 e. The Labute approximate surface area is 113 Å². The van der Waals surface area contributed by atoms with Gasteiger partial charge in [-0.2, -0.15) is 4.98 Å². The number of benzene rings is 1. The van der Waals surface area contributed by atoms with Crippen molar-refractivity contribution in [3.8, 4) is 11.5 Å². The van der Waals surface area contributed by atoms with Crippen LogP contribution in [0.2, 0.25) is 0 Å². The normalized spacial score (nSPS) is 12.6. The van der Waals surface area contributed by atoms with Gasteiger partial charge in [-0.25, -0.2) is 0 Å². The zero-order valence-electron chi connectivity index (χ0n) is 11.5. The minimum absolute atomic E-state index is 0.165. The number of ether oxygens (including phenoxy) is 1. The van der Waals surface area contributed by atoms with E-state index in [9.17, 15) is 0 Å². The molecular formula is C14H19N3O2. The van der Waals surface area contributed by atoms with E-state index in [0.717, 1.165) is 18.5 Å². The first-order chi connectivity index (χ1) is 9.26. The molecule has 1 N–H and O–H groups in total. The van der Waals surface area contributed by atoms with Crippen LogP contribution in [-0.4, -0.2) is 30.8 Å². The van der Waals surface area contributed by atoms with Crippen LogP contribution in [0, 0.1) is 0 Å². The second-order valence-corrected chi connectivity index (χ2v) is 4.35. The Kier molecular flexibility index (Phi) is 4.65. The second-order valence-electron chi connectivity index (χ2n) is 4.35. The summed E-state index contributed by atoms with van der Waals surface area (Å²) in [7, 11) is 3.56. The van der Waals surface area contributed by atoms with Gasteiger partial charge in [0.2, 0.25) is 5.82 Å². The molecule has 0 radical (unpaired) electrons.